The van der Waals surface area contributed by atoms with Crippen LogP contribution in [0.25, 0.3) is 0 Å². The molecule has 2 rings (SSSR count). The number of hydrogen-bond acceptors (Lipinski definition) is 3. The van der Waals surface area contributed by atoms with Gasteiger partial charge in [0, 0.05) is 32.1 Å². The lowest BCUT2D eigenvalue weighted by Gasteiger charge is -2.12. The Balaban J connectivity index is 2.16. The molecular weight excluding hydrogens is 140 g/mol. The summed E-state index contributed by atoms with van der Waals surface area (Å²) in [6, 6.07) is 0. The highest BCUT2D eigenvalue weighted by molar-refractivity contribution is 5.82. The maximum absolute atomic E-state index is 11.0. The molecule has 0 atom stereocenters. The first-order valence-corrected chi connectivity index (χ1v) is 3.96. The minimum atomic E-state index is 0.390. The van der Waals surface area contributed by atoms with Gasteiger partial charge in [-0.25, -0.2) is 5.01 Å². The Morgan fingerprint density at radius 1 is 1.45 bits per heavy atom. The van der Waals surface area contributed by atoms with E-state index in [1.54, 1.807) is 0 Å². The van der Waals surface area contributed by atoms with Crippen LogP contribution in [0.3, 0.4) is 0 Å². The molecule has 0 aromatic heterocycles. The van der Waals surface area contributed by atoms with E-state index in [1.165, 1.54) is 11.3 Å². The van der Waals surface area contributed by atoms with E-state index in [9.17, 15) is 4.79 Å². The molecule has 0 saturated heterocycles. The van der Waals surface area contributed by atoms with Gasteiger partial charge in [-0.05, 0) is 12.0 Å². The van der Waals surface area contributed by atoms with Gasteiger partial charge in [0.05, 0.1) is 0 Å². The SMILES string of the molecule is CN1CC2=C(CCC(=O)C2)N1. The van der Waals surface area contributed by atoms with Gasteiger partial charge >= 0.3 is 0 Å². The van der Waals surface area contributed by atoms with Crippen LogP contribution in [0.4, 0.5) is 0 Å². The fourth-order valence-electron chi connectivity index (χ4n) is 1.72. The Labute approximate surface area is 66.0 Å². The minimum absolute atomic E-state index is 0.390. The lowest BCUT2D eigenvalue weighted by Crippen LogP contribution is -2.27. The highest BCUT2D eigenvalue weighted by Crippen LogP contribution is 2.24. The summed E-state index contributed by atoms with van der Waals surface area (Å²) in [6.45, 7) is 0.918. The van der Waals surface area contributed by atoms with Gasteiger partial charge in [0.25, 0.3) is 0 Å². The van der Waals surface area contributed by atoms with Gasteiger partial charge < -0.3 is 5.43 Å². The molecule has 1 aliphatic carbocycles. The number of carbonyl (C=O) groups is 1. The monoisotopic (exact) mass is 152 g/mol. The highest BCUT2D eigenvalue weighted by atomic mass is 16.1. The van der Waals surface area contributed by atoms with Crippen LogP contribution in [0, 0.1) is 0 Å². The Morgan fingerprint density at radius 3 is 3.09 bits per heavy atom. The Bertz CT molecular complexity index is 232. The van der Waals surface area contributed by atoms with Gasteiger partial charge in [-0.3, -0.25) is 4.79 Å². The van der Waals surface area contributed by atoms with Crippen molar-refractivity contribution >= 4 is 5.78 Å². The van der Waals surface area contributed by atoms with E-state index in [-0.39, 0.29) is 0 Å². The molecule has 1 heterocycles. The molecule has 1 N–H and O–H groups in total. The predicted octanol–water partition coefficient (Wildman–Crippen LogP) is 0.444. The standard InChI is InChI=1S/C8H12N2O/c1-10-5-6-4-7(11)2-3-8(6)9-10/h9H,2-5H2,1H3. The molecular formula is C8H12N2O. The van der Waals surface area contributed by atoms with E-state index >= 15 is 0 Å². The average Bonchev–Trinajstić information content (AvgIpc) is 2.27. The smallest absolute Gasteiger partial charge is 0.137 e. The van der Waals surface area contributed by atoms with Crippen LogP contribution < -0.4 is 5.43 Å². The van der Waals surface area contributed by atoms with Gasteiger partial charge in [-0.15, -0.1) is 0 Å². The number of ketones is 1. The first kappa shape index (κ1) is 6.85. The number of nitrogens with zero attached hydrogens (tertiary/aromatic N) is 1. The molecule has 11 heavy (non-hydrogen) atoms. The molecule has 2 aliphatic rings. The molecule has 0 radical (unpaired) electrons. The van der Waals surface area contributed by atoms with Crippen molar-refractivity contribution < 1.29 is 4.79 Å². The lowest BCUT2D eigenvalue weighted by molar-refractivity contribution is -0.118. The number of likely N-dealkylation sites (N-methyl/N-ethyl adjacent to an activating group) is 1. The topological polar surface area (TPSA) is 32.3 Å². The van der Waals surface area contributed by atoms with Gasteiger partial charge in [0.1, 0.15) is 5.78 Å². The summed E-state index contributed by atoms with van der Waals surface area (Å²) < 4.78 is 0. The second-order valence-corrected chi connectivity index (χ2v) is 3.27. The minimum Gasteiger partial charge on any atom is -0.323 e. The molecule has 0 fully saturated rings. The second kappa shape index (κ2) is 2.34. The highest BCUT2D eigenvalue weighted by Gasteiger charge is 2.24. The molecule has 3 heteroatoms. The van der Waals surface area contributed by atoms with Crippen LogP contribution in [0.15, 0.2) is 11.3 Å². The summed E-state index contributed by atoms with van der Waals surface area (Å²) >= 11 is 0. The number of Topliss-reactive ketones (excluding diaryl/α,β-unsaturated/α-hetero) is 1. The maximum Gasteiger partial charge on any atom is 0.137 e. The van der Waals surface area contributed by atoms with Gasteiger partial charge in [-0.1, -0.05) is 0 Å². The average molecular weight is 152 g/mol. The Morgan fingerprint density at radius 2 is 2.27 bits per heavy atom. The quantitative estimate of drug-likeness (QED) is 0.546. The number of hydrazine groups is 1. The molecule has 3 nitrogen and oxygen atoms in total. The van der Waals surface area contributed by atoms with Crippen molar-refractivity contribution in [3.05, 3.63) is 11.3 Å². The Hall–Kier alpha value is -0.830. The van der Waals surface area contributed by atoms with E-state index in [0.717, 1.165) is 19.4 Å². The molecule has 0 unspecified atom stereocenters. The van der Waals surface area contributed by atoms with Gasteiger partial charge in [0.15, 0.2) is 0 Å². The number of nitrogens with one attached hydrogen (secondary N) is 1. The molecule has 0 aromatic rings. The van der Waals surface area contributed by atoms with Crippen LogP contribution in [0.2, 0.25) is 0 Å². The maximum atomic E-state index is 11.0. The molecule has 0 aromatic carbocycles. The van der Waals surface area contributed by atoms with Crippen molar-refractivity contribution in [2.24, 2.45) is 0 Å². The molecule has 1 aliphatic heterocycles. The second-order valence-electron chi connectivity index (χ2n) is 3.27. The summed E-state index contributed by atoms with van der Waals surface area (Å²) in [7, 11) is 2.00. The van der Waals surface area contributed by atoms with Crippen LogP contribution >= 0.6 is 0 Å². The molecule has 0 saturated carbocycles. The first-order chi connectivity index (χ1) is 5.25. The zero-order chi connectivity index (χ0) is 7.84. The van der Waals surface area contributed by atoms with E-state index in [2.05, 4.69) is 5.43 Å². The van der Waals surface area contributed by atoms with Crippen LogP contribution in [0.1, 0.15) is 19.3 Å². The van der Waals surface area contributed by atoms with Crippen molar-refractivity contribution in [1.29, 1.82) is 0 Å². The fourth-order valence-corrected chi connectivity index (χ4v) is 1.72. The summed E-state index contributed by atoms with van der Waals surface area (Å²) in [6.07, 6.45) is 2.31. The van der Waals surface area contributed by atoms with Crippen LogP contribution in [-0.2, 0) is 4.79 Å². The predicted molar refractivity (Wildman–Crippen MR) is 41.6 cm³/mol. The van der Waals surface area contributed by atoms with E-state index in [1.807, 2.05) is 12.1 Å². The summed E-state index contributed by atoms with van der Waals surface area (Å²) in [5, 5.41) is 2.03. The van der Waals surface area contributed by atoms with Crippen molar-refractivity contribution in [2.75, 3.05) is 13.6 Å². The number of rotatable bonds is 0. The third-order valence-corrected chi connectivity index (χ3v) is 2.25. The first-order valence-electron chi connectivity index (χ1n) is 3.96. The van der Waals surface area contributed by atoms with Crippen molar-refractivity contribution in [3.8, 4) is 0 Å². The van der Waals surface area contributed by atoms with Crippen molar-refractivity contribution in [1.82, 2.24) is 10.4 Å². The number of carbonyl (C=O) groups excluding carboxylic acids is 1. The zero-order valence-corrected chi connectivity index (χ0v) is 6.68. The third-order valence-electron chi connectivity index (χ3n) is 2.25. The van der Waals surface area contributed by atoms with Gasteiger partial charge in [0.2, 0.25) is 0 Å². The number of allylic oxidation sites excluding steroid dienone is 1. The number of hydrogen-bond donors (Lipinski definition) is 1. The molecule has 0 spiro atoms. The zero-order valence-electron chi connectivity index (χ0n) is 6.68. The van der Waals surface area contributed by atoms with E-state index < -0.39 is 0 Å². The lowest BCUT2D eigenvalue weighted by atomic mass is 9.96. The molecule has 60 valence electrons. The summed E-state index contributed by atoms with van der Waals surface area (Å²) in [5.41, 5.74) is 5.82. The fraction of sp³-hybridized carbons (Fsp3) is 0.625. The van der Waals surface area contributed by atoms with Gasteiger partial charge in [-0.2, -0.15) is 0 Å². The van der Waals surface area contributed by atoms with Crippen molar-refractivity contribution in [3.63, 3.8) is 0 Å². The normalized spacial score (nSPS) is 25.4. The van der Waals surface area contributed by atoms with E-state index in [0.29, 0.717) is 12.2 Å². The van der Waals surface area contributed by atoms with Crippen molar-refractivity contribution in [2.45, 2.75) is 19.3 Å². The summed E-state index contributed by atoms with van der Waals surface area (Å²) in [4.78, 5) is 11.0. The third kappa shape index (κ3) is 1.16. The molecule has 0 bridgehead atoms. The van der Waals surface area contributed by atoms with Crippen LogP contribution in [-0.4, -0.2) is 24.4 Å². The largest absolute Gasteiger partial charge is 0.323 e. The molecule has 0 amide bonds. The Kier molecular flexibility index (Phi) is 1.46. The van der Waals surface area contributed by atoms with Crippen LogP contribution in [0.5, 0.6) is 0 Å². The summed E-state index contributed by atoms with van der Waals surface area (Å²) in [5.74, 6) is 0.390. The van der Waals surface area contributed by atoms with E-state index in [4.69, 9.17) is 0 Å².